The lowest BCUT2D eigenvalue weighted by Crippen LogP contribution is -2.46. The van der Waals surface area contributed by atoms with E-state index in [1.165, 1.54) is 5.56 Å². The van der Waals surface area contributed by atoms with Crippen LogP contribution in [-0.4, -0.2) is 50.3 Å². The molecular weight excluding hydrogens is 491 g/mol. The van der Waals surface area contributed by atoms with Gasteiger partial charge in [-0.2, -0.15) is 0 Å². The number of nitrogens with one attached hydrogen (secondary N) is 2. The van der Waals surface area contributed by atoms with Gasteiger partial charge in [0.15, 0.2) is 5.96 Å². The van der Waals surface area contributed by atoms with E-state index in [0.29, 0.717) is 6.54 Å². The van der Waals surface area contributed by atoms with Crippen molar-refractivity contribution in [1.29, 1.82) is 0 Å². The fourth-order valence-electron chi connectivity index (χ4n) is 3.16. The third-order valence-corrected chi connectivity index (χ3v) is 4.74. The molecule has 0 saturated carbocycles. The van der Waals surface area contributed by atoms with Crippen LogP contribution in [0.3, 0.4) is 0 Å². The Morgan fingerprint density at radius 3 is 2.71 bits per heavy atom. The second-order valence-corrected chi connectivity index (χ2v) is 6.81. The maximum absolute atomic E-state index is 6.24. The molecule has 1 unspecified atom stereocenters. The number of benzene rings is 1. The van der Waals surface area contributed by atoms with Gasteiger partial charge in [-0.05, 0) is 36.8 Å². The first kappa shape index (κ1) is 23.0. The first-order chi connectivity index (χ1) is 13.3. The fourth-order valence-corrected chi connectivity index (χ4v) is 3.35. The molecule has 1 aliphatic heterocycles. The van der Waals surface area contributed by atoms with Crippen LogP contribution in [0.4, 0.5) is 0 Å². The molecule has 0 amide bonds. The predicted octanol–water partition coefficient (Wildman–Crippen LogP) is 3.68. The van der Waals surface area contributed by atoms with Crippen LogP contribution in [0.15, 0.2) is 52.1 Å². The van der Waals surface area contributed by atoms with Crippen molar-refractivity contribution in [3.05, 3.63) is 59.0 Å². The standard InChI is InChI=1S/C20H27ClN4O2.HI/c1-2-22-20(23-14-18-7-4-10-27-18)24-15-19(25-8-11-26-12-9-25)16-5-3-6-17(21)13-16;/h3-7,10,13,19H,2,8-9,11-12,14-15H2,1H3,(H2,22,23,24);1H. The van der Waals surface area contributed by atoms with Crippen LogP contribution in [0.1, 0.15) is 24.3 Å². The number of guanidine groups is 1. The summed E-state index contributed by atoms with van der Waals surface area (Å²) in [5, 5.41) is 7.52. The monoisotopic (exact) mass is 518 g/mol. The van der Waals surface area contributed by atoms with E-state index >= 15 is 0 Å². The van der Waals surface area contributed by atoms with Crippen molar-refractivity contribution in [2.24, 2.45) is 4.99 Å². The van der Waals surface area contributed by atoms with E-state index in [2.05, 4.69) is 33.5 Å². The first-order valence-electron chi connectivity index (χ1n) is 9.38. The highest BCUT2D eigenvalue weighted by Crippen LogP contribution is 2.24. The minimum Gasteiger partial charge on any atom is -0.467 e. The van der Waals surface area contributed by atoms with E-state index in [1.807, 2.05) is 30.3 Å². The topological polar surface area (TPSA) is 62.0 Å². The highest BCUT2D eigenvalue weighted by Gasteiger charge is 2.23. The van der Waals surface area contributed by atoms with Crippen LogP contribution in [0.2, 0.25) is 5.02 Å². The Kier molecular flexibility index (Phi) is 10.1. The van der Waals surface area contributed by atoms with Gasteiger partial charge in [-0.15, -0.1) is 24.0 Å². The molecule has 1 fully saturated rings. The average molecular weight is 519 g/mol. The molecule has 0 aliphatic carbocycles. The van der Waals surface area contributed by atoms with Gasteiger partial charge in [-0.25, -0.2) is 4.99 Å². The third-order valence-electron chi connectivity index (χ3n) is 4.50. The largest absolute Gasteiger partial charge is 0.467 e. The van der Waals surface area contributed by atoms with Crippen LogP contribution < -0.4 is 10.6 Å². The summed E-state index contributed by atoms with van der Waals surface area (Å²) in [6.07, 6.45) is 1.67. The summed E-state index contributed by atoms with van der Waals surface area (Å²) in [6, 6.07) is 12.1. The highest BCUT2D eigenvalue weighted by molar-refractivity contribution is 14.0. The number of halogens is 2. The highest BCUT2D eigenvalue weighted by atomic mass is 127. The normalized spacial score (nSPS) is 16.3. The summed E-state index contributed by atoms with van der Waals surface area (Å²) >= 11 is 6.24. The molecule has 6 nitrogen and oxygen atoms in total. The Balaban J connectivity index is 0.00000280. The molecule has 2 heterocycles. The molecule has 154 valence electrons. The average Bonchev–Trinajstić information content (AvgIpc) is 3.21. The molecule has 1 atom stereocenters. The molecule has 1 aliphatic rings. The zero-order valence-electron chi connectivity index (χ0n) is 16.1. The van der Waals surface area contributed by atoms with Crippen molar-refractivity contribution in [2.45, 2.75) is 19.5 Å². The SMILES string of the molecule is CCNC(=NCc1ccco1)NCC(c1cccc(Cl)c1)N1CCOCC1.I. The number of rotatable bonds is 7. The Hall–Kier alpha value is -1.29. The van der Waals surface area contributed by atoms with Crippen LogP contribution in [0.5, 0.6) is 0 Å². The van der Waals surface area contributed by atoms with E-state index < -0.39 is 0 Å². The lowest BCUT2D eigenvalue weighted by Gasteiger charge is -2.35. The smallest absolute Gasteiger partial charge is 0.191 e. The van der Waals surface area contributed by atoms with E-state index in [9.17, 15) is 0 Å². The molecule has 2 N–H and O–H groups in total. The number of aliphatic imine (C=N–C) groups is 1. The molecule has 3 rings (SSSR count). The van der Waals surface area contributed by atoms with E-state index in [4.69, 9.17) is 20.8 Å². The maximum Gasteiger partial charge on any atom is 0.191 e. The molecule has 0 spiro atoms. The summed E-state index contributed by atoms with van der Waals surface area (Å²) in [5.74, 6) is 1.61. The summed E-state index contributed by atoms with van der Waals surface area (Å²) in [6.45, 7) is 7.39. The maximum atomic E-state index is 6.24. The Bertz CT molecular complexity index is 721. The quantitative estimate of drug-likeness (QED) is 0.333. The predicted molar refractivity (Wildman–Crippen MR) is 124 cm³/mol. The Morgan fingerprint density at radius 1 is 1.21 bits per heavy atom. The van der Waals surface area contributed by atoms with Gasteiger partial charge in [0.2, 0.25) is 0 Å². The van der Waals surface area contributed by atoms with Gasteiger partial charge >= 0.3 is 0 Å². The summed E-state index contributed by atoms with van der Waals surface area (Å²) in [7, 11) is 0. The second-order valence-electron chi connectivity index (χ2n) is 6.37. The lowest BCUT2D eigenvalue weighted by atomic mass is 10.0. The number of ether oxygens (including phenoxy) is 1. The number of hydrogen-bond acceptors (Lipinski definition) is 4. The van der Waals surface area contributed by atoms with E-state index in [1.54, 1.807) is 6.26 Å². The van der Waals surface area contributed by atoms with Crippen LogP contribution >= 0.6 is 35.6 Å². The van der Waals surface area contributed by atoms with Gasteiger partial charge in [-0.1, -0.05) is 23.7 Å². The molecular formula is C20H28ClIN4O2. The van der Waals surface area contributed by atoms with Gasteiger partial charge in [0.1, 0.15) is 12.3 Å². The molecule has 28 heavy (non-hydrogen) atoms. The van der Waals surface area contributed by atoms with E-state index in [-0.39, 0.29) is 30.0 Å². The lowest BCUT2D eigenvalue weighted by molar-refractivity contribution is 0.0170. The molecule has 2 aromatic rings. The molecule has 1 aromatic carbocycles. The summed E-state index contributed by atoms with van der Waals surface area (Å²) in [4.78, 5) is 7.04. The molecule has 1 saturated heterocycles. The molecule has 0 radical (unpaired) electrons. The van der Waals surface area contributed by atoms with Gasteiger partial charge in [0.05, 0.1) is 25.5 Å². The van der Waals surface area contributed by atoms with Crippen molar-refractivity contribution >= 4 is 41.5 Å². The molecule has 1 aromatic heterocycles. The minimum atomic E-state index is 0. The summed E-state index contributed by atoms with van der Waals surface area (Å²) in [5.41, 5.74) is 1.19. The fraction of sp³-hybridized carbons (Fsp3) is 0.450. The van der Waals surface area contributed by atoms with Crippen LogP contribution in [0.25, 0.3) is 0 Å². The van der Waals surface area contributed by atoms with Crippen molar-refractivity contribution in [3.63, 3.8) is 0 Å². The Morgan fingerprint density at radius 2 is 2.04 bits per heavy atom. The van der Waals surface area contributed by atoms with Crippen molar-refractivity contribution in [2.75, 3.05) is 39.4 Å². The second kappa shape index (κ2) is 12.3. The number of hydrogen-bond donors (Lipinski definition) is 2. The molecule has 0 bridgehead atoms. The van der Waals surface area contributed by atoms with Crippen molar-refractivity contribution in [1.82, 2.24) is 15.5 Å². The van der Waals surface area contributed by atoms with Gasteiger partial charge in [0, 0.05) is 31.2 Å². The van der Waals surface area contributed by atoms with Crippen LogP contribution in [0, 0.1) is 0 Å². The zero-order chi connectivity index (χ0) is 18.9. The number of furan rings is 1. The minimum absolute atomic E-state index is 0. The Labute approximate surface area is 188 Å². The van der Waals surface area contributed by atoms with Gasteiger partial charge < -0.3 is 19.8 Å². The van der Waals surface area contributed by atoms with Crippen molar-refractivity contribution in [3.8, 4) is 0 Å². The number of nitrogens with zero attached hydrogens (tertiary/aromatic N) is 2. The van der Waals surface area contributed by atoms with E-state index in [0.717, 1.165) is 56.1 Å². The van der Waals surface area contributed by atoms with Crippen molar-refractivity contribution < 1.29 is 9.15 Å². The first-order valence-corrected chi connectivity index (χ1v) is 9.76. The molecule has 8 heteroatoms. The number of morpholine rings is 1. The summed E-state index contributed by atoms with van der Waals surface area (Å²) < 4.78 is 10.9. The van der Waals surface area contributed by atoms with Gasteiger partial charge in [-0.3, -0.25) is 4.90 Å². The van der Waals surface area contributed by atoms with Crippen LogP contribution in [-0.2, 0) is 11.3 Å². The van der Waals surface area contributed by atoms with Gasteiger partial charge in [0.25, 0.3) is 0 Å². The third kappa shape index (κ3) is 6.95. The zero-order valence-corrected chi connectivity index (χ0v) is 19.2.